The number of unbranched alkanes of at least 4 members (excludes halogenated alkanes) is 37. The van der Waals surface area contributed by atoms with Crippen molar-refractivity contribution in [3.63, 3.8) is 0 Å². The molecule has 0 aliphatic rings. The number of carbonyl (C=O) groups excluding carboxylic acids is 1. The minimum absolute atomic E-state index is 0.0751. The lowest BCUT2D eigenvalue weighted by Crippen LogP contribution is -2.45. The zero-order valence-electron chi connectivity index (χ0n) is 41.2. The van der Waals surface area contributed by atoms with Crippen molar-refractivity contribution in [2.45, 2.75) is 302 Å². The lowest BCUT2D eigenvalue weighted by atomic mass is 10.0. The van der Waals surface area contributed by atoms with Gasteiger partial charge in [-0.1, -0.05) is 262 Å². The molecule has 3 N–H and O–H groups in total. The Morgan fingerprint density at radius 3 is 0.951 bits per heavy atom. The molecule has 0 rings (SSSR count). The van der Waals surface area contributed by atoms with Gasteiger partial charge in [-0.15, -0.1) is 0 Å². The predicted octanol–water partition coefficient (Wildman–Crippen LogP) is 17.9. The number of hydrogen-bond acceptors (Lipinski definition) is 3. The first-order valence-electron chi connectivity index (χ1n) is 27.4. The first-order chi connectivity index (χ1) is 30.2. The van der Waals surface area contributed by atoms with E-state index in [1.807, 2.05) is 6.08 Å². The van der Waals surface area contributed by atoms with Crippen LogP contribution in [0.2, 0.25) is 0 Å². The van der Waals surface area contributed by atoms with E-state index < -0.39 is 12.1 Å². The van der Waals surface area contributed by atoms with Crippen LogP contribution >= 0.6 is 0 Å². The molecule has 2 unspecified atom stereocenters. The second kappa shape index (κ2) is 52.7. The van der Waals surface area contributed by atoms with Crippen LogP contribution in [0, 0.1) is 0 Å². The Labute approximate surface area is 382 Å². The fraction of sp³-hybridized carbons (Fsp3) is 0.842. The standard InChI is InChI=1S/C57H107NO3/c1-3-5-7-9-11-13-15-17-19-21-22-23-24-25-26-27-28-29-30-31-32-33-34-35-37-39-41-43-45-47-49-51-53-57(61)58-55(54-59)56(60)52-50-48-46-44-42-40-38-36-20-18-16-14-12-10-8-6-4-2/h20,25-26,36,42,44,50,52,55-56,59-60H,3-19,21-24,27-35,37-41,43,45-49,51,53-54H2,1-2H3,(H,58,61)/b26-25-,36-20+,44-42+,52-50+. The van der Waals surface area contributed by atoms with E-state index in [1.165, 1.54) is 231 Å². The van der Waals surface area contributed by atoms with E-state index in [9.17, 15) is 15.0 Å². The van der Waals surface area contributed by atoms with Crippen LogP contribution in [0.1, 0.15) is 290 Å². The number of aliphatic hydroxyl groups excluding tert-OH is 2. The highest BCUT2D eigenvalue weighted by Crippen LogP contribution is 2.16. The number of allylic oxidation sites excluding steroid dienone is 7. The molecule has 61 heavy (non-hydrogen) atoms. The molecule has 0 heterocycles. The number of rotatable bonds is 50. The van der Waals surface area contributed by atoms with Crippen molar-refractivity contribution in [2.24, 2.45) is 0 Å². The molecule has 0 radical (unpaired) electrons. The van der Waals surface area contributed by atoms with E-state index in [4.69, 9.17) is 0 Å². The lowest BCUT2D eigenvalue weighted by molar-refractivity contribution is -0.123. The van der Waals surface area contributed by atoms with Crippen molar-refractivity contribution >= 4 is 5.91 Å². The summed E-state index contributed by atoms with van der Waals surface area (Å²) in [5.41, 5.74) is 0. The van der Waals surface area contributed by atoms with E-state index in [2.05, 4.69) is 55.6 Å². The van der Waals surface area contributed by atoms with Gasteiger partial charge in [-0.05, 0) is 70.6 Å². The summed E-state index contributed by atoms with van der Waals surface area (Å²) >= 11 is 0. The van der Waals surface area contributed by atoms with Gasteiger partial charge in [0.25, 0.3) is 0 Å². The Morgan fingerprint density at radius 1 is 0.377 bits per heavy atom. The van der Waals surface area contributed by atoms with Crippen LogP contribution in [0.15, 0.2) is 48.6 Å². The van der Waals surface area contributed by atoms with Crippen LogP contribution in [0.25, 0.3) is 0 Å². The Balaban J connectivity index is 3.49. The highest BCUT2D eigenvalue weighted by molar-refractivity contribution is 5.76. The smallest absolute Gasteiger partial charge is 0.220 e. The predicted molar refractivity (Wildman–Crippen MR) is 271 cm³/mol. The van der Waals surface area contributed by atoms with Gasteiger partial charge in [-0.25, -0.2) is 0 Å². The van der Waals surface area contributed by atoms with Gasteiger partial charge in [0, 0.05) is 6.42 Å². The van der Waals surface area contributed by atoms with E-state index in [0.717, 1.165) is 38.5 Å². The van der Waals surface area contributed by atoms with Crippen LogP contribution in [-0.4, -0.2) is 34.9 Å². The second-order valence-electron chi connectivity index (χ2n) is 18.6. The number of amides is 1. The van der Waals surface area contributed by atoms with E-state index in [1.54, 1.807) is 6.08 Å². The number of aliphatic hydroxyl groups is 2. The molecule has 0 aliphatic heterocycles. The van der Waals surface area contributed by atoms with Crippen LogP contribution in [0.5, 0.6) is 0 Å². The van der Waals surface area contributed by atoms with Crippen LogP contribution in [0.4, 0.5) is 0 Å². The summed E-state index contributed by atoms with van der Waals surface area (Å²) < 4.78 is 0. The van der Waals surface area contributed by atoms with Gasteiger partial charge in [0.05, 0.1) is 18.8 Å². The van der Waals surface area contributed by atoms with E-state index >= 15 is 0 Å². The maximum atomic E-state index is 12.4. The summed E-state index contributed by atoms with van der Waals surface area (Å²) in [6.07, 6.45) is 72.7. The van der Waals surface area contributed by atoms with E-state index in [0.29, 0.717) is 6.42 Å². The first kappa shape index (κ1) is 59.4. The topological polar surface area (TPSA) is 69.6 Å². The molecule has 0 saturated heterocycles. The summed E-state index contributed by atoms with van der Waals surface area (Å²) in [7, 11) is 0. The molecular formula is C57H107NO3. The van der Waals surface area contributed by atoms with Gasteiger partial charge in [0.15, 0.2) is 0 Å². The molecule has 4 heteroatoms. The molecule has 0 fully saturated rings. The maximum Gasteiger partial charge on any atom is 0.220 e. The monoisotopic (exact) mass is 854 g/mol. The zero-order chi connectivity index (χ0) is 44.2. The molecule has 1 amide bonds. The minimum Gasteiger partial charge on any atom is -0.394 e. The van der Waals surface area contributed by atoms with Crippen LogP contribution < -0.4 is 5.32 Å². The van der Waals surface area contributed by atoms with Gasteiger partial charge in [-0.3, -0.25) is 4.79 Å². The number of carbonyl (C=O) groups is 1. The Kier molecular flexibility index (Phi) is 51.3. The first-order valence-corrected chi connectivity index (χ1v) is 27.4. The highest BCUT2D eigenvalue weighted by Gasteiger charge is 2.18. The molecule has 2 atom stereocenters. The van der Waals surface area contributed by atoms with E-state index in [-0.39, 0.29) is 12.5 Å². The molecule has 0 saturated carbocycles. The van der Waals surface area contributed by atoms with Crippen LogP contribution in [0.3, 0.4) is 0 Å². The molecule has 0 spiro atoms. The van der Waals surface area contributed by atoms with Gasteiger partial charge in [0.1, 0.15) is 0 Å². The number of hydrogen-bond donors (Lipinski definition) is 3. The third-order valence-corrected chi connectivity index (χ3v) is 12.5. The van der Waals surface area contributed by atoms with Crippen molar-refractivity contribution in [3.8, 4) is 0 Å². The quantitative estimate of drug-likeness (QED) is 0.0422. The largest absolute Gasteiger partial charge is 0.394 e. The average Bonchev–Trinajstić information content (AvgIpc) is 3.26. The van der Waals surface area contributed by atoms with Gasteiger partial charge < -0.3 is 15.5 Å². The molecule has 4 nitrogen and oxygen atoms in total. The average molecular weight is 854 g/mol. The second-order valence-corrected chi connectivity index (χ2v) is 18.6. The normalized spacial score (nSPS) is 13.2. The molecule has 0 bridgehead atoms. The Bertz CT molecular complexity index is 970. The SMILES string of the molecule is CCCCCCCCC/C=C/CC/C=C/CC/C=C/C(O)C(CO)NC(=O)CCCCCCCCCCCCCCCCCC/C=C\CCCCCCCCCCCCCC. The van der Waals surface area contributed by atoms with Gasteiger partial charge >= 0.3 is 0 Å². The number of nitrogens with one attached hydrogen (secondary N) is 1. The summed E-state index contributed by atoms with van der Waals surface area (Å²) in [4.78, 5) is 12.4. The van der Waals surface area contributed by atoms with Crippen molar-refractivity contribution in [1.82, 2.24) is 5.32 Å². The molecule has 0 aromatic carbocycles. The summed E-state index contributed by atoms with van der Waals surface area (Å²) in [6.45, 7) is 4.31. The Hall–Kier alpha value is -1.65. The lowest BCUT2D eigenvalue weighted by Gasteiger charge is -2.19. The van der Waals surface area contributed by atoms with Crippen molar-refractivity contribution in [1.29, 1.82) is 0 Å². The fourth-order valence-corrected chi connectivity index (χ4v) is 8.32. The molecular weight excluding hydrogens is 747 g/mol. The Morgan fingerprint density at radius 2 is 0.639 bits per heavy atom. The fourth-order valence-electron chi connectivity index (χ4n) is 8.32. The minimum atomic E-state index is -0.870. The van der Waals surface area contributed by atoms with Gasteiger partial charge in [0.2, 0.25) is 5.91 Å². The third kappa shape index (κ3) is 49.2. The third-order valence-electron chi connectivity index (χ3n) is 12.5. The highest BCUT2D eigenvalue weighted by atomic mass is 16.3. The van der Waals surface area contributed by atoms with Crippen molar-refractivity contribution in [2.75, 3.05) is 6.61 Å². The maximum absolute atomic E-state index is 12.4. The molecule has 0 aromatic heterocycles. The summed E-state index contributed by atoms with van der Waals surface area (Å²) in [5, 5.41) is 23.1. The van der Waals surface area contributed by atoms with Gasteiger partial charge in [-0.2, -0.15) is 0 Å². The molecule has 358 valence electrons. The summed E-state index contributed by atoms with van der Waals surface area (Å²) in [5.74, 6) is -0.0751. The summed E-state index contributed by atoms with van der Waals surface area (Å²) in [6, 6.07) is -0.645. The van der Waals surface area contributed by atoms with Crippen molar-refractivity contribution in [3.05, 3.63) is 48.6 Å². The molecule has 0 aromatic rings. The molecule has 0 aliphatic carbocycles. The zero-order valence-corrected chi connectivity index (χ0v) is 41.2. The van der Waals surface area contributed by atoms with Crippen LogP contribution in [-0.2, 0) is 4.79 Å². The van der Waals surface area contributed by atoms with Crippen molar-refractivity contribution < 1.29 is 15.0 Å².